The Hall–Kier alpha value is -2.92. The van der Waals surface area contributed by atoms with Crippen LogP contribution in [0.3, 0.4) is 0 Å². The van der Waals surface area contributed by atoms with Crippen molar-refractivity contribution in [2.75, 3.05) is 19.8 Å². The van der Waals surface area contributed by atoms with Crippen molar-refractivity contribution in [3.63, 3.8) is 0 Å². The van der Waals surface area contributed by atoms with Gasteiger partial charge in [0.1, 0.15) is 5.58 Å². The van der Waals surface area contributed by atoms with Gasteiger partial charge in [-0.25, -0.2) is 0 Å². The van der Waals surface area contributed by atoms with Crippen LogP contribution >= 0.6 is 0 Å². The lowest BCUT2D eigenvalue weighted by atomic mass is 9.98. The molecular weight excluding hydrogens is 342 g/mol. The van der Waals surface area contributed by atoms with Crippen molar-refractivity contribution in [1.29, 1.82) is 0 Å². The van der Waals surface area contributed by atoms with E-state index in [4.69, 9.17) is 9.15 Å². The van der Waals surface area contributed by atoms with Gasteiger partial charge in [-0.05, 0) is 31.0 Å². The lowest BCUT2D eigenvalue weighted by Crippen LogP contribution is -2.31. The largest absolute Gasteiger partial charge is 0.450 e. The van der Waals surface area contributed by atoms with Gasteiger partial charge in [-0.15, -0.1) is 0 Å². The second-order valence-electron chi connectivity index (χ2n) is 6.53. The van der Waals surface area contributed by atoms with Crippen LogP contribution in [0, 0.1) is 0 Å². The van der Waals surface area contributed by atoms with Gasteiger partial charge in [0.15, 0.2) is 5.43 Å². The van der Waals surface area contributed by atoms with Crippen LogP contribution in [0.2, 0.25) is 0 Å². The molecule has 27 heavy (non-hydrogen) atoms. The molecule has 0 spiro atoms. The predicted octanol–water partition coefficient (Wildman–Crippen LogP) is 3.76. The van der Waals surface area contributed by atoms with E-state index in [1.54, 1.807) is 29.2 Å². The minimum Gasteiger partial charge on any atom is -0.450 e. The van der Waals surface area contributed by atoms with Crippen LogP contribution in [0.15, 0.2) is 63.8 Å². The molecule has 2 heterocycles. The lowest BCUT2D eigenvalue weighted by molar-refractivity contribution is 0.0696. The zero-order valence-corrected chi connectivity index (χ0v) is 15.2. The Morgan fingerprint density at radius 2 is 1.78 bits per heavy atom. The molecule has 0 bridgehead atoms. The maximum absolute atomic E-state index is 13.2. The normalized spacial score (nSPS) is 16.1. The van der Waals surface area contributed by atoms with Gasteiger partial charge in [-0.1, -0.05) is 42.5 Å². The summed E-state index contributed by atoms with van der Waals surface area (Å²) in [6.45, 7) is 3.65. The van der Waals surface area contributed by atoms with Gasteiger partial charge < -0.3 is 14.1 Å². The molecule has 2 aromatic carbocycles. The van der Waals surface area contributed by atoms with Crippen LogP contribution in [-0.4, -0.2) is 30.6 Å². The maximum atomic E-state index is 13.2. The molecule has 1 atom stereocenters. The molecule has 0 saturated carbocycles. The van der Waals surface area contributed by atoms with Crippen molar-refractivity contribution in [2.45, 2.75) is 19.4 Å². The first-order chi connectivity index (χ1) is 13.2. The van der Waals surface area contributed by atoms with Crippen LogP contribution in [-0.2, 0) is 4.74 Å². The third kappa shape index (κ3) is 3.04. The molecule has 1 aliphatic heterocycles. The molecule has 1 unspecified atom stereocenters. The smallest absolute Gasteiger partial charge is 0.290 e. The fraction of sp³-hybridized carbons (Fsp3) is 0.273. The fourth-order valence-electron chi connectivity index (χ4n) is 3.66. The first kappa shape index (κ1) is 17.5. The number of nitrogens with zero attached hydrogens (tertiary/aromatic N) is 1. The monoisotopic (exact) mass is 363 g/mol. The highest BCUT2D eigenvalue weighted by atomic mass is 16.5. The van der Waals surface area contributed by atoms with Crippen molar-refractivity contribution in [2.24, 2.45) is 0 Å². The Morgan fingerprint density at radius 1 is 1.04 bits per heavy atom. The van der Waals surface area contributed by atoms with E-state index >= 15 is 0 Å². The Bertz CT molecular complexity index is 1030. The van der Waals surface area contributed by atoms with Gasteiger partial charge >= 0.3 is 0 Å². The molecule has 138 valence electrons. The van der Waals surface area contributed by atoms with E-state index in [0.29, 0.717) is 42.7 Å². The standard InChI is InChI=1S/C22H21NO4/c1-2-26-14-8-13-23-19(15-9-4-3-5-10-15)18-20(24)16-11-6-7-12-17(16)27-21(18)22(23)25/h3-7,9-12,19H,2,8,13-14H2,1H3. The third-order valence-electron chi connectivity index (χ3n) is 4.88. The number of ether oxygens (including phenoxy) is 1. The summed E-state index contributed by atoms with van der Waals surface area (Å²) < 4.78 is 11.3. The molecule has 4 rings (SSSR count). The SMILES string of the molecule is CCOCCCN1C(=O)c2oc3ccccc3c(=O)c2C1c1ccccc1. The molecule has 5 nitrogen and oxygen atoms in total. The molecule has 1 aromatic heterocycles. The van der Waals surface area contributed by atoms with Gasteiger partial charge in [0, 0.05) is 19.8 Å². The van der Waals surface area contributed by atoms with Crippen molar-refractivity contribution in [1.82, 2.24) is 4.90 Å². The summed E-state index contributed by atoms with van der Waals surface area (Å²) in [7, 11) is 0. The highest BCUT2D eigenvalue weighted by Gasteiger charge is 2.42. The summed E-state index contributed by atoms with van der Waals surface area (Å²) in [5.41, 5.74) is 1.64. The van der Waals surface area contributed by atoms with Gasteiger partial charge in [-0.2, -0.15) is 0 Å². The van der Waals surface area contributed by atoms with Gasteiger partial charge in [0.05, 0.1) is 17.0 Å². The second-order valence-corrected chi connectivity index (χ2v) is 6.53. The van der Waals surface area contributed by atoms with E-state index in [0.717, 1.165) is 5.56 Å². The van der Waals surface area contributed by atoms with Crippen LogP contribution in [0.1, 0.15) is 41.1 Å². The van der Waals surface area contributed by atoms with Crippen molar-refractivity contribution in [3.8, 4) is 0 Å². The number of fused-ring (bicyclic) bond motifs is 2. The Labute approximate surface area is 157 Å². The van der Waals surface area contributed by atoms with Crippen molar-refractivity contribution in [3.05, 3.63) is 81.7 Å². The van der Waals surface area contributed by atoms with Crippen LogP contribution in [0.5, 0.6) is 0 Å². The van der Waals surface area contributed by atoms with Crippen LogP contribution in [0.25, 0.3) is 11.0 Å². The second kappa shape index (κ2) is 7.37. The lowest BCUT2D eigenvalue weighted by Gasteiger charge is -2.25. The highest BCUT2D eigenvalue weighted by Crippen LogP contribution is 2.37. The van der Waals surface area contributed by atoms with E-state index < -0.39 is 6.04 Å². The van der Waals surface area contributed by atoms with E-state index in [-0.39, 0.29) is 17.1 Å². The average Bonchev–Trinajstić information content (AvgIpc) is 2.98. The Balaban J connectivity index is 1.84. The molecule has 0 radical (unpaired) electrons. The molecule has 1 aliphatic rings. The molecule has 0 fully saturated rings. The number of carbonyl (C=O) groups is 1. The molecule has 5 heteroatoms. The summed E-state index contributed by atoms with van der Waals surface area (Å²) >= 11 is 0. The summed E-state index contributed by atoms with van der Waals surface area (Å²) in [6.07, 6.45) is 0.699. The first-order valence-electron chi connectivity index (χ1n) is 9.21. The number of amides is 1. The summed E-state index contributed by atoms with van der Waals surface area (Å²) in [5, 5.41) is 0.501. The van der Waals surface area contributed by atoms with Crippen molar-refractivity contribution < 1.29 is 13.9 Å². The van der Waals surface area contributed by atoms with Gasteiger partial charge in [0.2, 0.25) is 5.76 Å². The zero-order chi connectivity index (χ0) is 18.8. The van der Waals surface area contributed by atoms with Crippen LogP contribution in [0.4, 0.5) is 0 Å². The maximum Gasteiger partial charge on any atom is 0.290 e. The van der Waals surface area contributed by atoms with Crippen molar-refractivity contribution >= 4 is 16.9 Å². The summed E-state index contributed by atoms with van der Waals surface area (Å²) in [5.74, 6) is -0.0813. The number of rotatable bonds is 6. The zero-order valence-electron chi connectivity index (χ0n) is 15.2. The van der Waals surface area contributed by atoms with E-state index in [1.807, 2.05) is 37.3 Å². The molecule has 0 N–H and O–H groups in total. The predicted molar refractivity (Wildman–Crippen MR) is 103 cm³/mol. The number of hydrogen-bond donors (Lipinski definition) is 0. The van der Waals surface area contributed by atoms with E-state index in [9.17, 15) is 9.59 Å². The number of carbonyl (C=O) groups excluding carboxylic acids is 1. The quantitative estimate of drug-likeness (QED) is 0.626. The molecule has 1 amide bonds. The minimum atomic E-state index is -0.434. The summed E-state index contributed by atoms with van der Waals surface area (Å²) in [6, 6.07) is 16.3. The number of para-hydroxylation sites is 1. The molecule has 0 saturated heterocycles. The minimum absolute atomic E-state index is 0.138. The first-order valence-corrected chi connectivity index (χ1v) is 9.21. The van der Waals surface area contributed by atoms with E-state index in [1.165, 1.54) is 0 Å². The van der Waals surface area contributed by atoms with Crippen LogP contribution < -0.4 is 5.43 Å². The van der Waals surface area contributed by atoms with E-state index in [2.05, 4.69) is 0 Å². The molecule has 3 aromatic rings. The Morgan fingerprint density at radius 3 is 2.56 bits per heavy atom. The van der Waals surface area contributed by atoms with Gasteiger partial charge in [0.25, 0.3) is 5.91 Å². The third-order valence-corrected chi connectivity index (χ3v) is 4.88. The average molecular weight is 363 g/mol. The number of hydrogen-bond acceptors (Lipinski definition) is 4. The molecule has 0 aliphatic carbocycles. The highest BCUT2D eigenvalue weighted by molar-refractivity contribution is 5.99. The fourth-order valence-corrected chi connectivity index (χ4v) is 3.66. The topological polar surface area (TPSA) is 59.8 Å². The van der Waals surface area contributed by atoms with Gasteiger partial charge in [-0.3, -0.25) is 9.59 Å². The Kier molecular flexibility index (Phi) is 4.77. The molecular formula is C22H21NO4. The number of benzene rings is 2. The summed E-state index contributed by atoms with van der Waals surface area (Å²) in [4.78, 5) is 28.0.